The van der Waals surface area contributed by atoms with Crippen LogP contribution in [0.15, 0.2) is 52.9 Å². The summed E-state index contributed by atoms with van der Waals surface area (Å²) in [6.07, 6.45) is 2.87. The number of benzene rings is 1. The standard InChI is InChI=1S/C24H26N4O5S2/c1-32-21(29)9-11-34-18-12-20(33-17-7-3-2-4-8-17)22(25-13-18)27-23-26-19(15-35-23)16-6-5-10-28(14-16)24(30)31/h2-4,7-8,12-13,15-16H,5-6,9-11,14H2,1H3,(H,30,31)(H,25,26,27). The number of esters is 1. The Balaban J connectivity index is 1.50. The van der Waals surface area contributed by atoms with E-state index in [-0.39, 0.29) is 11.9 Å². The van der Waals surface area contributed by atoms with Gasteiger partial charge < -0.3 is 24.8 Å². The lowest BCUT2D eigenvalue weighted by atomic mass is 9.96. The van der Waals surface area contributed by atoms with E-state index in [0.717, 1.165) is 23.4 Å². The fourth-order valence-corrected chi connectivity index (χ4v) is 5.28. The Hall–Kier alpha value is -3.31. The highest BCUT2D eigenvalue weighted by atomic mass is 32.2. The van der Waals surface area contributed by atoms with Gasteiger partial charge in [0.05, 0.1) is 19.2 Å². The number of amides is 1. The molecular weight excluding hydrogens is 488 g/mol. The number of aromatic nitrogens is 2. The van der Waals surface area contributed by atoms with Crippen LogP contribution >= 0.6 is 23.1 Å². The Labute approximate surface area is 211 Å². The summed E-state index contributed by atoms with van der Waals surface area (Å²) in [5, 5.41) is 15.2. The zero-order valence-corrected chi connectivity index (χ0v) is 20.8. The van der Waals surface area contributed by atoms with E-state index in [1.54, 1.807) is 6.20 Å². The molecule has 4 rings (SSSR count). The lowest BCUT2D eigenvalue weighted by Gasteiger charge is -2.29. The molecule has 1 saturated heterocycles. The second-order valence-electron chi connectivity index (χ2n) is 7.88. The molecular formula is C24H26N4O5S2. The number of hydrogen-bond donors (Lipinski definition) is 2. The number of nitrogens with one attached hydrogen (secondary N) is 1. The van der Waals surface area contributed by atoms with Gasteiger partial charge in [-0.05, 0) is 31.0 Å². The number of para-hydroxylation sites is 1. The summed E-state index contributed by atoms with van der Waals surface area (Å²) in [5.74, 6) is 2.11. The van der Waals surface area contributed by atoms with Gasteiger partial charge in [-0.1, -0.05) is 18.2 Å². The van der Waals surface area contributed by atoms with E-state index in [1.807, 2.05) is 41.8 Å². The van der Waals surface area contributed by atoms with E-state index in [9.17, 15) is 14.7 Å². The number of carbonyl (C=O) groups is 2. The number of hydrogen-bond acceptors (Lipinski definition) is 9. The number of rotatable bonds is 9. The van der Waals surface area contributed by atoms with Crippen molar-refractivity contribution in [3.63, 3.8) is 0 Å². The van der Waals surface area contributed by atoms with Gasteiger partial charge in [-0.25, -0.2) is 14.8 Å². The number of methoxy groups -OCH3 is 1. The second-order valence-corrected chi connectivity index (χ2v) is 9.90. The third kappa shape index (κ3) is 6.86. The van der Waals surface area contributed by atoms with Crippen LogP contribution in [0.3, 0.4) is 0 Å². The number of thioether (sulfide) groups is 1. The summed E-state index contributed by atoms with van der Waals surface area (Å²) in [6, 6.07) is 11.3. The Morgan fingerprint density at radius 3 is 2.91 bits per heavy atom. The topological polar surface area (TPSA) is 114 Å². The van der Waals surface area contributed by atoms with Crippen LogP contribution in [0.5, 0.6) is 11.5 Å². The van der Waals surface area contributed by atoms with Crippen LogP contribution in [0.25, 0.3) is 0 Å². The van der Waals surface area contributed by atoms with Gasteiger partial charge in [0.2, 0.25) is 0 Å². The largest absolute Gasteiger partial charge is 0.469 e. The first-order chi connectivity index (χ1) is 17.0. The van der Waals surface area contributed by atoms with E-state index >= 15 is 0 Å². The van der Waals surface area contributed by atoms with Crippen molar-refractivity contribution in [2.24, 2.45) is 0 Å². The van der Waals surface area contributed by atoms with Gasteiger partial charge in [-0.3, -0.25) is 4.79 Å². The summed E-state index contributed by atoms with van der Waals surface area (Å²) in [5.41, 5.74) is 0.879. The minimum Gasteiger partial charge on any atom is -0.469 e. The van der Waals surface area contributed by atoms with Crippen molar-refractivity contribution in [2.75, 3.05) is 31.3 Å². The number of carbonyl (C=O) groups excluding carboxylic acids is 1. The quantitative estimate of drug-likeness (QED) is 0.279. The average molecular weight is 515 g/mol. The number of carboxylic acid groups (broad SMARTS) is 1. The predicted molar refractivity (Wildman–Crippen MR) is 135 cm³/mol. The second kappa shape index (κ2) is 11.9. The fraction of sp³-hybridized carbons (Fsp3) is 0.333. The maximum atomic E-state index is 11.4. The van der Waals surface area contributed by atoms with E-state index in [1.165, 1.54) is 35.1 Å². The van der Waals surface area contributed by atoms with Crippen LogP contribution < -0.4 is 10.1 Å². The number of piperidine rings is 1. The summed E-state index contributed by atoms with van der Waals surface area (Å²) in [6.45, 7) is 1.02. The molecule has 1 fully saturated rings. The summed E-state index contributed by atoms with van der Waals surface area (Å²) in [7, 11) is 1.38. The molecule has 0 radical (unpaired) electrons. The van der Waals surface area contributed by atoms with Gasteiger partial charge in [0.1, 0.15) is 5.75 Å². The van der Waals surface area contributed by atoms with Gasteiger partial charge in [-0.15, -0.1) is 23.1 Å². The first-order valence-corrected chi connectivity index (χ1v) is 13.0. The van der Waals surface area contributed by atoms with Crippen LogP contribution in [0.4, 0.5) is 15.7 Å². The Bertz CT molecular complexity index is 1160. The minimum absolute atomic E-state index is 0.0771. The van der Waals surface area contributed by atoms with Crippen molar-refractivity contribution in [1.29, 1.82) is 0 Å². The van der Waals surface area contributed by atoms with E-state index in [4.69, 9.17) is 14.5 Å². The third-order valence-corrected chi connectivity index (χ3v) is 7.20. The molecule has 1 amide bonds. The molecule has 0 aliphatic carbocycles. The number of likely N-dealkylation sites (tertiary alicyclic amines) is 1. The summed E-state index contributed by atoms with van der Waals surface area (Å²) >= 11 is 2.94. The van der Waals surface area contributed by atoms with Crippen LogP contribution in [-0.4, -0.2) is 58.0 Å². The lowest BCUT2D eigenvalue weighted by Crippen LogP contribution is -2.38. The Morgan fingerprint density at radius 1 is 1.31 bits per heavy atom. The number of thiazole rings is 1. The summed E-state index contributed by atoms with van der Waals surface area (Å²) < 4.78 is 10.8. The third-order valence-electron chi connectivity index (χ3n) is 5.46. The molecule has 1 aliphatic heterocycles. The van der Waals surface area contributed by atoms with Gasteiger partial charge in [0.15, 0.2) is 16.7 Å². The molecule has 1 aliphatic rings. The zero-order chi connectivity index (χ0) is 24.6. The number of anilines is 2. The van der Waals surface area contributed by atoms with Crippen molar-refractivity contribution in [1.82, 2.24) is 14.9 Å². The SMILES string of the molecule is COC(=O)CCSc1cnc(Nc2nc(C3CCCN(C(=O)O)C3)cs2)c(Oc2ccccc2)c1. The molecule has 1 unspecified atom stereocenters. The van der Waals surface area contributed by atoms with E-state index < -0.39 is 6.09 Å². The molecule has 1 aromatic carbocycles. The molecule has 0 saturated carbocycles. The Morgan fingerprint density at radius 2 is 2.14 bits per heavy atom. The molecule has 0 bridgehead atoms. The maximum Gasteiger partial charge on any atom is 0.407 e. The summed E-state index contributed by atoms with van der Waals surface area (Å²) in [4.78, 5) is 34.3. The average Bonchev–Trinajstić information content (AvgIpc) is 3.35. The van der Waals surface area contributed by atoms with E-state index in [2.05, 4.69) is 10.3 Å². The molecule has 184 valence electrons. The highest BCUT2D eigenvalue weighted by Crippen LogP contribution is 2.36. The smallest absolute Gasteiger partial charge is 0.407 e. The Kier molecular flexibility index (Phi) is 8.43. The monoisotopic (exact) mass is 514 g/mol. The molecule has 11 heteroatoms. The first kappa shape index (κ1) is 24.8. The number of nitrogens with zero attached hydrogens (tertiary/aromatic N) is 3. The van der Waals surface area contributed by atoms with Gasteiger partial charge in [0, 0.05) is 41.2 Å². The molecule has 1 atom stereocenters. The zero-order valence-electron chi connectivity index (χ0n) is 19.2. The molecule has 2 aromatic heterocycles. The van der Waals surface area contributed by atoms with Crippen molar-refractivity contribution < 1.29 is 24.2 Å². The molecule has 35 heavy (non-hydrogen) atoms. The van der Waals surface area contributed by atoms with Crippen LogP contribution in [-0.2, 0) is 9.53 Å². The molecule has 2 N–H and O–H groups in total. The van der Waals surface area contributed by atoms with Gasteiger partial charge >= 0.3 is 12.1 Å². The molecule has 3 heterocycles. The predicted octanol–water partition coefficient (Wildman–Crippen LogP) is 5.59. The highest BCUT2D eigenvalue weighted by Gasteiger charge is 2.26. The van der Waals surface area contributed by atoms with Gasteiger partial charge in [-0.2, -0.15) is 0 Å². The van der Waals surface area contributed by atoms with Crippen LogP contribution in [0, 0.1) is 0 Å². The molecule has 9 nitrogen and oxygen atoms in total. The van der Waals surface area contributed by atoms with Gasteiger partial charge in [0.25, 0.3) is 0 Å². The minimum atomic E-state index is -0.889. The maximum absolute atomic E-state index is 11.4. The molecule has 0 spiro atoms. The number of pyridine rings is 1. The van der Waals surface area contributed by atoms with Crippen LogP contribution in [0.2, 0.25) is 0 Å². The van der Waals surface area contributed by atoms with E-state index in [0.29, 0.717) is 47.7 Å². The van der Waals surface area contributed by atoms with Crippen molar-refractivity contribution in [2.45, 2.75) is 30.1 Å². The lowest BCUT2D eigenvalue weighted by molar-refractivity contribution is -0.140. The normalized spacial score (nSPS) is 15.5. The molecule has 3 aromatic rings. The van der Waals surface area contributed by atoms with Crippen LogP contribution in [0.1, 0.15) is 30.9 Å². The first-order valence-electron chi connectivity index (χ1n) is 11.1. The van der Waals surface area contributed by atoms with Crippen molar-refractivity contribution in [3.8, 4) is 11.5 Å². The fourth-order valence-electron chi connectivity index (χ4n) is 3.67. The highest BCUT2D eigenvalue weighted by molar-refractivity contribution is 7.99. The van der Waals surface area contributed by atoms with Crippen molar-refractivity contribution >= 4 is 46.1 Å². The van der Waals surface area contributed by atoms with Crippen molar-refractivity contribution in [3.05, 3.63) is 53.7 Å². The number of ether oxygens (including phenoxy) is 2.